The van der Waals surface area contributed by atoms with Crippen LogP contribution in [-0.4, -0.2) is 40.7 Å². The number of carbonyl (C=O) groups excluding carboxylic acids is 2. The van der Waals surface area contributed by atoms with Crippen LogP contribution >= 0.6 is 34.7 Å². The number of thioether (sulfide) groups is 1. The standard InChI is InChI=1S/C30H24ClN3O5S2/c1-3-16-39-23-14-6-19(7-15-23)25-24(26(35)20-8-12-22(38-2)13-9-20)27(36)28(37)34(25)29-32-33-30(41-29)40-17-18-4-10-21(31)11-5-18/h3-15,25,35H,1,16-17H2,2H3/b26-24-. The van der Waals surface area contributed by atoms with Crippen LogP contribution in [0, 0.1) is 0 Å². The predicted molar refractivity (Wildman–Crippen MR) is 161 cm³/mol. The summed E-state index contributed by atoms with van der Waals surface area (Å²) in [6.45, 7) is 3.98. The highest BCUT2D eigenvalue weighted by molar-refractivity contribution is 8.00. The number of Topliss-reactive ketones (excluding diaryl/α,β-unsaturated/α-hetero) is 1. The number of ether oxygens (including phenoxy) is 2. The molecule has 1 fully saturated rings. The zero-order valence-corrected chi connectivity index (χ0v) is 24.2. The first-order chi connectivity index (χ1) is 19.9. The molecule has 0 aliphatic carbocycles. The van der Waals surface area contributed by atoms with Crippen LogP contribution in [0.4, 0.5) is 5.13 Å². The van der Waals surface area contributed by atoms with Crippen LogP contribution in [0.5, 0.6) is 11.5 Å². The molecular weight excluding hydrogens is 582 g/mol. The summed E-state index contributed by atoms with van der Waals surface area (Å²) < 4.78 is 11.4. The molecule has 1 saturated heterocycles. The summed E-state index contributed by atoms with van der Waals surface area (Å²) in [6.07, 6.45) is 1.63. The molecule has 3 aromatic carbocycles. The number of methoxy groups -OCH3 is 1. The van der Waals surface area contributed by atoms with Crippen molar-refractivity contribution in [2.24, 2.45) is 0 Å². The van der Waals surface area contributed by atoms with Gasteiger partial charge in [0.05, 0.1) is 18.7 Å². The van der Waals surface area contributed by atoms with Gasteiger partial charge in [-0.05, 0) is 59.7 Å². The minimum Gasteiger partial charge on any atom is -0.507 e. The fourth-order valence-electron chi connectivity index (χ4n) is 4.24. The molecule has 1 aliphatic heterocycles. The van der Waals surface area contributed by atoms with E-state index in [0.717, 1.165) is 5.56 Å². The van der Waals surface area contributed by atoms with E-state index in [1.165, 1.54) is 35.1 Å². The first kappa shape index (κ1) is 28.4. The summed E-state index contributed by atoms with van der Waals surface area (Å²) in [6, 6.07) is 20.1. The van der Waals surface area contributed by atoms with Crippen molar-refractivity contribution in [3.63, 3.8) is 0 Å². The van der Waals surface area contributed by atoms with Crippen LogP contribution in [0.1, 0.15) is 22.7 Å². The first-order valence-corrected chi connectivity index (χ1v) is 14.6. The number of hydrogen-bond donors (Lipinski definition) is 1. The highest BCUT2D eigenvalue weighted by Crippen LogP contribution is 2.44. The van der Waals surface area contributed by atoms with E-state index >= 15 is 0 Å². The van der Waals surface area contributed by atoms with Crippen molar-refractivity contribution in [1.82, 2.24) is 10.2 Å². The topological polar surface area (TPSA) is 102 Å². The summed E-state index contributed by atoms with van der Waals surface area (Å²) >= 11 is 8.63. The number of nitrogens with zero attached hydrogens (tertiary/aromatic N) is 3. The molecule has 41 heavy (non-hydrogen) atoms. The van der Waals surface area contributed by atoms with Crippen LogP contribution in [-0.2, 0) is 15.3 Å². The van der Waals surface area contributed by atoms with E-state index in [1.54, 1.807) is 54.6 Å². The van der Waals surface area contributed by atoms with Crippen molar-refractivity contribution >= 4 is 57.3 Å². The van der Waals surface area contributed by atoms with Crippen molar-refractivity contribution in [2.45, 2.75) is 16.1 Å². The molecule has 1 aliphatic rings. The highest BCUT2D eigenvalue weighted by Gasteiger charge is 2.48. The fourth-order valence-corrected chi connectivity index (χ4v) is 6.18. The van der Waals surface area contributed by atoms with Crippen LogP contribution in [0.15, 0.2) is 95.4 Å². The number of rotatable bonds is 10. The average molecular weight is 606 g/mol. The lowest BCUT2D eigenvalue weighted by Gasteiger charge is -2.22. The maximum absolute atomic E-state index is 13.5. The van der Waals surface area contributed by atoms with Gasteiger partial charge in [0.25, 0.3) is 5.78 Å². The van der Waals surface area contributed by atoms with Gasteiger partial charge in [-0.25, -0.2) is 0 Å². The molecule has 11 heteroatoms. The number of aliphatic hydroxyl groups is 1. The number of carbonyl (C=O) groups is 2. The lowest BCUT2D eigenvalue weighted by molar-refractivity contribution is -0.132. The normalized spacial score (nSPS) is 16.1. The summed E-state index contributed by atoms with van der Waals surface area (Å²) in [5.41, 5.74) is 1.97. The van der Waals surface area contributed by atoms with Crippen molar-refractivity contribution in [2.75, 3.05) is 18.6 Å². The summed E-state index contributed by atoms with van der Waals surface area (Å²) in [5, 5.41) is 20.7. The molecule has 1 unspecified atom stereocenters. The second-order valence-electron chi connectivity index (χ2n) is 8.83. The number of halogens is 1. The van der Waals surface area contributed by atoms with Crippen LogP contribution in [0.2, 0.25) is 5.02 Å². The third kappa shape index (κ3) is 6.14. The highest BCUT2D eigenvalue weighted by atomic mass is 35.5. The number of ketones is 1. The smallest absolute Gasteiger partial charge is 0.301 e. The minimum absolute atomic E-state index is 0.0505. The number of amides is 1. The molecule has 1 amide bonds. The van der Waals surface area contributed by atoms with Gasteiger partial charge in [-0.1, -0.05) is 71.6 Å². The Labute approximate surface area is 249 Å². The van der Waals surface area contributed by atoms with Crippen molar-refractivity contribution in [3.8, 4) is 11.5 Å². The largest absolute Gasteiger partial charge is 0.507 e. The summed E-state index contributed by atoms with van der Waals surface area (Å²) in [4.78, 5) is 28.2. The Balaban J connectivity index is 1.52. The second kappa shape index (κ2) is 12.6. The Bertz CT molecular complexity index is 1600. The van der Waals surface area contributed by atoms with E-state index in [1.807, 2.05) is 24.3 Å². The zero-order valence-electron chi connectivity index (χ0n) is 21.8. The molecule has 1 N–H and O–H groups in total. The number of hydrogen-bond acceptors (Lipinski definition) is 9. The van der Waals surface area contributed by atoms with E-state index in [2.05, 4.69) is 16.8 Å². The van der Waals surface area contributed by atoms with Gasteiger partial charge >= 0.3 is 5.91 Å². The SMILES string of the molecule is C=CCOc1ccc(C2/C(=C(/O)c3ccc(OC)cc3)C(=O)C(=O)N2c2nnc(SCc3ccc(Cl)cc3)s2)cc1. The third-order valence-corrected chi connectivity index (χ3v) is 8.63. The van der Waals surface area contributed by atoms with Crippen molar-refractivity contribution < 1.29 is 24.2 Å². The van der Waals surface area contributed by atoms with E-state index in [0.29, 0.717) is 44.3 Å². The monoisotopic (exact) mass is 605 g/mol. The molecule has 5 rings (SSSR count). The lowest BCUT2D eigenvalue weighted by Crippen LogP contribution is -2.29. The minimum atomic E-state index is -0.937. The van der Waals surface area contributed by atoms with E-state index < -0.39 is 17.7 Å². The Morgan fingerprint density at radius 1 is 1.05 bits per heavy atom. The van der Waals surface area contributed by atoms with Gasteiger partial charge in [-0.15, -0.1) is 10.2 Å². The summed E-state index contributed by atoms with van der Waals surface area (Å²) in [7, 11) is 1.53. The molecular formula is C30H24ClN3O5S2. The van der Waals surface area contributed by atoms with Crippen LogP contribution in [0.3, 0.4) is 0 Å². The molecule has 0 saturated carbocycles. The fraction of sp³-hybridized carbons (Fsp3) is 0.133. The zero-order chi connectivity index (χ0) is 28.9. The maximum Gasteiger partial charge on any atom is 0.301 e. The van der Waals surface area contributed by atoms with Gasteiger partial charge in [-0.2, -0.15) is 0 Å². The molecule has 4 aromatic rings. The third-order valence-electron chi connectivity index (χ3n) is 6.25. The maximum atomic E-state index is 13.5. The molecule has 1 aromatic heterocycles. The number of aliphatic hydroxyl groups excluding tert-OH is 1. The van der Waals surface area contributed by atoms with Gasteiger partial charge in [0.15, 0.2) is 4.34 Å². The molecule has 0 spiro atoms. The average Bonchev–Trinajstić information content (AvgIpc) is 3.57. The Hall–Kier alpha value is -4.12. The number of benzene rings is 3. The van der Waals surface area contributed by atoms with Crippen molar-refractivity contribution in [3.05, 3.63) is 113 Å². The van der Waals surface area contributed by atoms with Crippen LogP contribution in [0.25, 0.3) is 5.76 Å². The van der Waals surface area contributed by atoms with E-state index in [9.17, 15) is 14.7 Å². The number of anilines is 1. The Morgan fingerprint density at radius 2 is 1.73 bits per heavy atom. The number of aromatic nitrogens is 2. The first-order valence-electron chi connectivity index (χ1n) is 12.4. The Morgan fingerprint density at radius 3 is 2.39 bits per heavy atom. The molecule has 0 radical (unpaired) electrons. The second-order valence-corrected chi connectivity index (χ2v) is 11.4. The lowest BCUT2D eigenvalue weighted by atomic mass is 9.95. The quantitative estimate of drug-likeness (QED) is 0.0533. The predicted octanol–water partition coefficient (Wildman–Crippen LogP) is 6.68. The summed E-state index contributed by atoms with van der Waals surface area (Å²) in [5.74, 6) is -0.114. The molecule has 1 atom stereocenters. The van der Waals surface area contributed by atoms with Gasteiger partial charge in [0.1, 0.15) is 23.9 Å². The van der Waals surface area contributed by atoms with Gasteiger partial charge in [-0.3, -0.25) is 14.5 Å². The Kier molecular flexibility index (Phi) is 8.72. The van der Waals surface area contributed by atoms with E-state index in [-0.39, 0.29) is 16.5 Å². The van der Waals surface area contributed by atoms with Crippen molar-refractivity contribution in [1.29, 1.82) is 0 Å². The van der Waals surface area contributed by atoms with Gasteiger partial charge in [0, 0.05) is 16.3 Å². The molecule has 2 heterocycles. The van der Waals surface area contributed by atoms with Crippen LogP contribution < -0.4 is 14.4 Å². The molecule has 8 nitrogen and oxygen atoms in total. The van der Waals surface area contributed by atoms with Gasteiger partial charge < -0.3 is 14.6 Å². The molecule has 208 valence electrons. The van der Waals surface area contributed by atoms with Gasteiger partial charge in [0.2, 0.25) is 5.13 Å². The molecule has 0 bridgehead atoms. The van der Waals surface area contributed by atoms with E-state index in [4.69, 9.17) is 21.1 Å².